The third-order valence-electron chi connectivity index (χ3n) is 1.99. The molecule has 0 radical (unpaired) electrons. The van der Waals surface area contributed by atoms with Crippen LogP contribution in [0.25, 0.3) is 0 Å². The van der Waals surface area contributed by atoms with Crippen molar-refractivity contribution >= 4 is 0 Å². The lowest BCUT2D eigenvalue weighted by Crippen LogP contribution is -2.51. The van der Waals surface area contributed by atoms with Crippen LogP contribution in [0.1, 0.15) is 0 Å². The lowest BCUT2D eigenvalue weighted by Gasteiger charge is -2.23. The van der Waals surface area contributed by atoms with Crippen molar-refractivity contribution in [3.63, 3.8) is 0 Å². The average Bonchev–Trinajstić information content (AvgIpc) is 2.05. The Hall–Kier alpha value is -0.670. The zero-order chi connectivity index (χ0) is 11.6. The smallest absolute Gasteiger partial charge is 0.269 e. The Labute approximate surface area is 77.0 Å². The van der Waals surface area contributed by atoms with Crippen LogP contribution >= 0.6 is 0 Å². The van der Waals surface area contributed by atoms with Crippen LogP contribution in [0.2, 0.25) is 0 Å². The predicted octanol–water partition coefficient (Wildman–Crippen LogP) is 2.54. The highest BCUT2D eigenvalue weighted by Crippen LogP contribution is 2.61. The van der Waals surface area contributed by atoms with Gasteiger partial charge in [-0.3, -0.25) is 4.70 Å². The van der Waals surface area contributed by atoms with E-state index >= 15 is 0 Å². The number of hydrogen-bond acceptors (Lipinski definition) is 1. The van der Waals surface area contributed by atoms with Gasteiger partial charge in [0.15, 0.2) is 0 Å². The van der Waals surface area contributed by atoms with E-state index in [2.05, 4.69) is 0 Å². The first-order chi connectivity index (χ1) is 5.90. The van der Waals surface area contributed by atoms with Crippen molar-refractivity contribution in [2.24, 2.45) is 0 Å². The molecule has 0 saturated carbocycles. The molecule has 0 amide bonds. The minimum absolute atomic E-state index is 0. The molecular weight excluding hydrogens is 245 g/mol. The monoisotopic (exact) mass is 249 g/mol. The van der Waals surface area contributed by atoms with Crippen LogP contribution in [0.5, 0.6) is 0 Å². The van der Waals surface area contributed by atoms with Gasteiger partial charge in [0.05, 0.1) is 0 Å². The molecule has 1 saturated heterocycles. The summed E-state index contributed by atoms with van der Waals surface area (Å²) >= 11 is 0. The van der Waals surface area contributed by atoms with Crippen LogP contribution in [0.4, 0.5) is 39.8 Å². The van der Waals surface area contributed by atoms with Crippen LogP contribution in [-0.4, -0.2) is 35.9 Å². The SMILES string of the molecule is CN1C(F)(F)C(F)(F)C(F)(F)C1(F)F.F. The first-order valence-electron chi connectivity index (χ1n) is 3.16. The molecule has 0 aromatic heterocycles. The molecule has 0 N–H and O–H groups in total. The molecule has 0 spiro atoms. The van der Waals surface area contributed by atoms with Gasteiger partial charge in [-0.1, -0.05) is 0 Å². The first kappa shape index (κ1) is 14.3. The predicted molar refractivity (Wildman–Crippen MR) is 30.1 cm³/mol. The standard InChI is InChI=1S/C5H3F8N.FH/c1-14-4(10,11)2(6,7)3(8,9)5(14,12)13;/h1H3;1H. The minimum atomic E-state index is -6.10. The Morgan fingerprint density at radius 3 is 0.933 bits per heavy atom. The van der Waals surface area contributed by atoms with Crippen LogP contribution in [0.15, 0.2) is 0 Å². The summed E-state index contributed by atoms with van der Waals surface area (Å²) < 4.78 is 98.2. The van der Waals surface area contributed by atoms with Gasteiger partial charge in [0.1, 0.15) is 0 Å². The fourth-order valence-electron chi connectivity index (χ4n) is 0.975. The average molecular weight is 249 g/mol. The Bertz CT molecular complexity index is 233. The Balaban J connectivity index is 0.00000196. The molecule has 0 aromatic rings. The second-order valence-electron chi connectivity index (χ2n) is 2.79. The Morgan fingerprint density at radius 2 is 0.867 bits per heavy atom. The van der Waals surface area contributed by atoms with E-state index in [1.54, 1.807) is 0 Å². The van der Waals surface area contributed by atoms with Crippen molar-refractivity contribution in [1.82, 2.24) is 4.90 Å². The maximum atomic E-state index is 12.3. The number of likely N-dealkylation sites (tertiary alicyclic amines) is 1. The van der Waals surface area contributed by atoms with Crippen LogP contribution in [-0.2, 0) is 0 Å². The van der Waals surface area contributed by atoms with Gasteiger partial charge in [0, 0.05) is 0 Å². The molecule has 0 atom stereocenters. The summed E-state index contributed by atoms with van der Waals surface area (Å²) in [5.41, 5.74) is 0. The number of alkyl halides is 8. The number of hydrogen-bond donors (Lipinski definition) is 0. The quantitative estimate of drug-likeness (QED) is 0.471. The summed E-state index contributed by atoms with van der Waals surface area (Å²) in [5.74, 6) is -12.2. The summed E-state index contributed by atoms with van der Waals surface area (Å²) in [6, 6.07) is -11.2. The van der Waals surface area contributed by atoms with Gasteiger partial charge in [0.2, 0.25) is 0 Å². The number of rotatable bonds is 0. The summed E-state index contributed by atoms with van der Waals surface area (Å²) in [6.07, 6.45) is 0. The van der Waals surface area contributed by atoms with Gasteiger partial charge in [-0.15, -0.1) is 0 Å². The summed E-state index contributed by atoms with van der Waals surface area (Å²) in [6.45, 7) is 0. The van der Waals surface area contributed by atoms with E-state index in [9.17, 15) is 35.1 Å². The van der Waals surface area contributed by atoms with Crippen molar-refractivity contribution in [3.05, 3.63) is 0 Å². The summed E-state index contributed by atoms with van der Waals surface area (Å²) in [7, 11) is -0.200. The second-order valence-corrected chi connectivity index (χ2v) is 2.79. The normalized spacial score (nSPS) is 31.0. The molecule has 1 fully saturated rings. The van der Waals surface area contributed by atoms with Gasteiger partial charge < -0.3 is 0 Å². The van der Waals surface area contributed by atoms with E-state index in [0.717, 1.165) is 0 Å². The lowest BCUT2D eigenvalue weighted by molar-refractivity contribution is -0.303. The lowest BCUT2D eigenvalue weighted by atomic mass is 10.2. The second kappa shape index (κ2) is 2.92. The number of halogens is 9. The molecule has 1 nitrogen and oxygen atoms in total. The van der Waals surface area contributed by atoms with Gasteiger partial charge in [-0.05, 0) is 7.05 Å². The van der Waals surface area contributed by atoms with Crippen molar-refractivity contribution < 1.29 is 39.8 Å². The maximum absolute atomic E-state index is 12.3. The maximum Gasteiger partial charge on any atom is 0.394 e. The summed E-state index contributed by atoms with van der Waals surface area (Å²) in [5, 5.41) is 0. The summed E-state index contributed by atoms with van der Waals surface area (Å²) in [4.78, 5) is -1.62. The van der Waals surface area contributed by atoms with Gasteiger partial charge in [-0.2, -0.15) is 40.0 Å². The molecular formula is C5H4F9N. The highest BCUT2D eigenvalue weighted by molar-refractivity contribution is 5.10. The fourth-order valence-corrected chi connectivity index (χ4v) is 0.975. The third-order valence-corrected chi connectivity index (χ3v) is 1.99. The third kappa shape index (κ3) is 1.16. The molecule has 10 heteroatoms. The highest BCUT2D eigenvalue weighted by atomic mass is 19.4. The zero-order valence-electron chi connectivity index (χ0n) is 6.88. The number of nitrogens with zero attached hydrogens (tertiary/aromatic N) is 1. The van der Waals surface area contributed by atoms with Crippen molar-refractivity contribution in [2.45, 2.75) is 23.9 Å². The highest BCUT2D eigenvalue weighted by Gasteiger charge is 2.91. The van der Waals surface area contributed by atoms with E-state index in [4.69, 9.17) is 0 Å². The largest absolute Gasteiger partial charge is 0.394 e. The molecule has 0 aromatic carbocycles. The molecule has 1 rings (SSSR count). The molecule has 0 bridgehead atoms. The fraction of sp³-hybridized carbons (Fsp3) is 1.00. The molecule has 1 heterocycles. The molecule has 0 aliphatic carbocycles. The van der Waals surface area contributed by atoms with Crippen LogP contribution < -0.4 is 0 Å². The minimum Gasteiger partial charge on any atom is -0.269 e. The Morgan fingerprint density at radius 1 is 0.667 bits per heavy atom. The van der Waals surface area contributed by atoms with E-state index in [1.165, 1.54) is 0 Å². The first-order valence-corrected chi connectivity index (χ1v) is 3.16. The van der Waals surface area contributed by atoms with Gasteiger partial charge in [0.25, 0.3) is 0 Å². The zero-order valence-corrected chi connectivity index (χ0v) is 6.88. The topological polar surface area (TPSA) is 3.24 Å². The van der Waals surface area contributed by atoms with E-state index in [0.29, 0.717) is 0 Å². The molecule has 1 aliphatic rings. The van der Waals surface area contributed by atoms with Crippen LogP contribution in [0, 0.1) is 0 Å². The Kier molecular flexibility index (Phi) is 2.79. The van der Waals surface area contributed by atoms with Crippen LogP contribution in [0.3, 0.4) is 0 Å². The molecule has 92 valence electrons. The van der Waals surface area contributed by atoms with Crippen molar-refractivity contribution in [3.8, 4) is 0 Å². The molecule has 0 unspecified atom stereocenters. The van der Waals surface area contributed by atoms with Crippen molar-refractivity contribution in [2.75, 3.05) is 7.05 Å². The molecule has 15 heavy (non-hydrogen) atoms. The van der Waals surface area contributed by atoms with Crippen molar-refractivity contribution in [1.29, 1.82) is 0 Å². The van der Waals surface area contributed by atoms with E-state index < -0.39 is 28.8 Å². The molecule has 1 aliphatic heterocycles. The van der Waals surface area contributed by atoms with E-state index in [-0.39, 0.29) is 11.8 Å². The van der Waals surface area contributed by atoms with Gasteiger partial charge in [-0.25, -0.2) is 0 Å². The van der Waals surface area contributed by atoms with E-state index in [1.807, 2.05) is 0 Å². The van der Waals surface area contributed by atoms with Gasteiger partial charge >= 0.3 is 23.9 Å².